The molecule has 0 unspecified atom stereocenters. The van der Waals surface area contributed by atoms with E-state index in [9.17, 15) is 4.79 Å². The average molecular weight is 531 g/mol. The van der Waals surface area contributed by atoms with Gasteiger partial charge in [0.25, 0.3) is 5.91 Å². The maximum atomic E-state index is 13.7. The average Bonchev–Trinajstić information content (AvgIpc) is 3.67. The number of benzene rings is 3. The Balaban J connectivity index is 1.29. The first kappa shape index (κ1) is 25.5. The van der Waals surface area contributed by atoms with Crippen molar-refractivity contribution in [3.63, 3.8) is 0 Å². The summed E-state index contributed by atoms with van der Waals surface area (Å²) < 4.78 is 6.09. The Labute approximate surface area is 233 Å². The molecule has 1 amide bonds. The van der Waals surface area contributed by atoms with E-state index < -0.39 is 5.54 Å². The summed E-state index contributed by atoms with van der Waals surface area (Å²) in [5.74, 6) is 0.600. The number of rotatable bonds is 8. The Morgan fingerprint density at radius 2 is 1.90 bits per heavy atom. The fourth-order valence-corrected chi connectivity index (χ4v) is 5.67. The molecule has 1 aliphatic carbocycles. The number of aryl methyl sites for hydroxylation is 2. The molecule has 39 heavy (non-hydrogen) atoms. The predicted molar refractivity (Wildman–Crippen MR) is 158 cm³/mol. The summed E-state index contributed by atoms with van der Waals surface area (Å²) in [6, 6.07) is 22.8. The molecule has 0 spiro atoms. The maximum absolute atomic E-state index is 13.7. The molecule has 1 saturated carbocycles. The lowest BCUT2D eigenvalue weighted by molar-refractivity contribution is 0.0929. The van der Waals surface area contributed by atoms with Crippen LogP contribution in [0.2, 0.25) is 0 Å². The summed E-state index contributed by atoms with van der Waals surface area (Å²) in [6.45, 7) is 5.07. The van der Waals surface area contributed by atoms with E-state index in [0.29, 0.717) is 11.3 Å². The second-order valence-corrected chi connectivity index (χ2v) is 11.4. The Kier molecular flexibility index (Phi) is 6.83. The van der Waals surface area contributed by atoms with Crippen LogP contribution in [0.1, 0.15) is 57.4 Å². The topological polar surface area (TPSA) is 63.2 Å². The molecule has 6 rings (SSSR count). The van der Waals surface area contributed by atoms with Crippen LogP contribution >= 0.6 is 0 Å². The minimum absolute atomic E-state index is 0.0829. The molecular weight excluding hydrogens is 498 g/mol. The molecule has 2 aliphatic rings. The van der Waals surface area contributed by atoms with Gasteiger partial charge in [0.15, 0.2) is 0 Å². The van der Waals surface area contributed by atoms with E-state index >= 15 is 0 Å². The molecule has 4 aromatic rings. The van der Waals surface area contributed by atoms with E-state index in [1.165, 1.54) is 5.56 Å². The molecule has 1 aliphatic heterocycles. The van der Waals surface area contributed by atoms with Crippen LogP contribution in [0.15, 0.2) is 72.9 Å². The summed E-state index contributed by atoms with van der Waals surface area (Å²) in [5, 5.41) is 7.82. The molecule has 6 heteroatoms. The third-order valence-electron chi connectivity index (χ3n) is 7.82. The number of aromatic nitrogens is 1. The standard InChI is InChI=1S/C33H32N3O2Si/c1-21-5-3-6-23(17-21)9-10-24-18-28(26-7-4-15-34-30(26)19-24)33(13-14-33)36-31(37)27-20-25(11-8-22(27)2)38-32(39)29-12-16-35-29/h3-11,15,17-20,29,32,35H,12-14,16H2,1-2H3,(H,36,37)/b10-9+/t29-,32-/m0/s1. The van der Waals surface area contributed by atoms with Gasteiger partial charge in [-0.05, 0) is 92.2 Å². The fourth-order valence-electron chi connectivity index (χ4n) is 5.25. The van der Waals surface area contributed by atoms with Crippen molar-refractivity contribution in [2.75, 3.05) is 6.54 Å². The van der Waals surface area contributed by atoms with Crippen molar-refractivity contribution in [2.45, 2.75) is 50.4 Å². The number of carbonyl (C=O) groups is 1. The number of hydrogen-bond donors (Lipinski definition) is 2. The van der Waals surface area contributed by atoms with Crippen LogP contribution < -0.4 is 15.4 Å². The SMILES string of the molecule is Cc1cccc(/C=C/c2cc(C3(NC(=O)c4cc(O[C@@H]([Si])[C@@H]5CCN5)ccc4C)CC3)c3cccnc3c2)c1. The van der Waals surface area contributed by atoms with Crippen molar-refractivity contribution in [1.82, 2.24) is 15.6 Å². The maximum Gasteiger partial charge on any atom is 0.252 e. The fraction of sp³-hybridized carbons (Fsp3) is 0.273. The molecule has 3 radical (unpaired) electrons. The van der Waals surface area contributed by atoms with Crippen molar-refractivity contribution in [3.8, 4) is 5.75 Å². The van der Waals surface area contributed by atoms with Gasteiger partial charge in [0.1, 0.15) is 5.75 Å². The number of amides is 1. The summed E-state index contributed by atoms with van der Waals surface area (Å²) in [5.41, 5.74) is 6.51. The molecule has 195 valence electrons. The Morgan fingerprint density at radius 3 is 2.64 bits per heavy atom. The Morgan fingerprint density at radius 1 is 1.08 bits per heavy atom. The van der Waals surface area contributed by atoms with Gasteiger partial charge in [0.2, 0.25) is 0 Å². The van der Waals surface area contributed by atoms with E-state index in [1.807, 2.05) is 37.4 Å². The van der Waals surface area contributed by atoms with Crippen molar-refractivity contribution in [3.05, 3.63) is 106 Å². The zero-order valence-corrected chi connectivity index (χ0v) is 23.3. The number of ether oxygens (including phenoxy) is 1. The molecule has 1 aromatic heterocycles. The molecule has 0 bridgehead atoms. The van der Waals surface area contributed by atoms with Crippen LogP contribution in [0, 0.1) is 13.8 Å². The van der Waals surface area contributed by atoms with Gasteiger partial charge < -0.3 is 15.4 Å². The first-order chi connectivity index (χ1) is 18.9. The van der Waals surface area contributed by atoms with Crippen LogP contribution in [-0.2, 0) is 5.54 Å². The Hall–Kier alpha value is -3.74. The van der Waals surface area contributed by atoms with Crippen molar-refractivity contribution >= 4 is 39.2 Å². The minimum Gasteiger partial charge on any atom is -0.493 e. The highest BCUT2D eigenvalue weighted by Gasteiger charge is 2.47. The molecule has 3 aromatic carbocycles. The van der Waals surface area contributed by atoms with Crippen LogP contribution in [0.5, 0.6) is 5.75 Å². The molecule has 1 saturated heterocycles. The lowest BCUT2D eigenvalue weighted by Crippen LogP contribution is -2.53. The third-order valence-corrected chi connectivity index (χ3v) is 8.34. The zero-order chi connectivity index (χ0) is 27.0. The predicted octanol–water partition coefficient (Wildman–Crippen LogP) is 5.68. The highest BCUT2D eigenvalue weighted by atomic mass is 28.1. The number of hydrogen-bond acceptors (Lipinski definition) is 4. The van der Waals surface area contributed by atoms with Gasteiger partial charge >= 0.3 is 0 Å². The van der Waals surface area contributed by atoms with E-state index in [2.05, 4.69) is 87.4 Å². The highest BCUT2D eigenvalue weighted by molar-refractivity contribution is 6.11. The summed E-state index contributed by atoms with van der Waals surface area (Å²) in [7, 11) is 3.68. The molecule has 2 heterocycles. The zero-order valence-electron chi connectivity index (χ0n) is 22.3. The number of nitrogens with zero attached hydrogens (tertiary/aromatic N) is 1. The van der Waals surface area contributed by atoms with Crippen LogP contribution in [-0.4, -0.2) is 39.4 Å². The van der Waals surface area contributed by atoms with Crippen molar-refractivity contribution in [1.29, 1.82) is 0 Å². The second-order valence-electron chi connectivity index (χ2n) is 10.8. The van der Waals surface area contributed by atoms with E-state index in [4.69, 9.17) is 4.74 Å². The van der Waals surface area contributed by atoms with Gasteiger partial charge in [-0.15, -0.1) is 0 Å². The van der Waals surface area contributed by atoms with E-state index in [-0.39, 0.29) is 17.7 Å². The number of nitrogens with one attached hydrogen (secondary N) is 2. The monoisotopic (exact) mass is 530 g/mol. The third kappa shape index (κ3) is 5.40. The summed E-state index contributed by atoms with van der Waals surface area (Å²) >= 11 is 0. The Bertz CT molecular complexity index is 1570. The van der Waals surface area contributed by atoms with Crippen molar-refractivity contribution in [2.24, 2.45) is 0 Å². The van der Waals surface area contributed by atoms with Gasteiger partial charge in [-0.25, -0.2) is 0 Å². The molecular formula is C33H32N3O2Si. The number of carbonyl (C=O) groups excluding carboxylic acids is 1. The normalized spacial score (nSPS) is 18.5. The lowest BCUT2D eigenvalue weighted by atomic mass is 9.95. The van der Waals surface area contributed by atoms with Gasteiger partial charge in [-0.1, -0.05) is 54.1 Å². The second kappa shape index (κ2) is 10.4. The molecule has 2 atom stereocenters. The number of fused-ring (bicyclic) bond motifs is 1. The largest absolute Gasteiger partial charge is 0.493 e. The van der Waals surface area contributed by atoms with Crippen LogP contribution in [0.3, 0.4) is 0 Å². The summed E-state index contributed by atoms with van der Waals surface area (Å²) in [6.07, 6.45) is 8.92. The first-order valence-electron chi connectivity index (χ1n) is 13.6. The van der Waals surface area contributed by atoms with Gasteiger partial charge in [0, 0.05) is 23.2 Å². The van der Waals surface area contributed by atoms with Crippen LogP contribution in [0.25, 0.3) is 23.1 Å². The molecule has 2 N–H and O–H groups in total. The minimum atomic E-state index is -0.414. The lowest BCUT2D eigenvalue weighted by Gasteiger charge is -2.33. The van der Waals surface area contributed by atoms with E-state index in [1.54, 1.807) is 0 Å². The molecule has 2 fully saturated rings. The van der Waals surface area contributed by atoms with Gasteiger partial charge in [-0.2, -0.15) is 0 Å². The van der Waals surface area contributed by atoms with Crippen molar-refractivity contribution < 1.29 is 9.53 Å². The smallest absolute Gasteiger partial charge is 0.252 e. The van der Waals surface area contributed by atoms with Gasteiger partial charge in [-0.3, -0.25) is 9.78 Å². The van der Waals surface area contributed by atoms with Crippen LogP contribution in [0.4, 0.5) is 0 Å². The first-order valence-corrected chi connectivity index (χ1v) is 14.2. The highest BCUT2D eigenvalue weighted by Crippen LogP contribution is 2.48. The quantitative estimate of drug-likeness (QED) is 0.227. The number of pyridine rings is 1. The molecule has 5 nitrogen and oxygen atoms in total. The van der Waals surface area contributed by atoms with Gasteiger partial charge in [0.05, 0.1) is 27.0 Å². The summed E-state index contributed by atoms with van der Waals surface area (Å²) in [4.78, 5) is 18.3. The van der Waals surface area contributed by atoms with E-state index in [0.717, 1.165) is 59.0 Å².